The molecule has 0 unspecified atom stereocenters. The maximum atomic E-state index is 11.9. The number of rotatable bonds is 6. The standard InChI is InChI=1S/C15H18BrN3O2/c1-3-11(2)19-14(8-9-17-19)18-15(20)10-21-13-6-4-12(16)5-7-13/h4-9,11H,3,10H2,1-2H3,(H,18,20)/t11-/m1/s1. The van der Waals surface area contributed by atoms with Crippen LogP contribution >= 0.6 is 15.9 Å². The van der Waals surface area contributed by atoms with Gasteiger partial charge >= 0.3 is 0 Å². The summed E-state index contributed by atoms with van der Waals surface area (Å²) in [6.07, 6.45) is 2.62. The summed E-state index contributed by atoms with van der Waals surface area (Å²) < 4.78 is 8.21. The van der Waals surface area contributed by atoms with Crippen molar-refractivity contribution in [1.29, 1.82) is 0 Å². The molecule has 1 amide bonds. The van der Waals surface area contributed by atoms with Gasteiger partial charge in [-0.1, -0.05) is 22.9 Å². The predicted octanol–water partition coefficient (Wildman–Crippen LogP) is 3.63. The molecule has 0 saturated heterocycles. The summed E-state index contributed by atoms with van der Waals surface area (Å²) in [7, 11) is 0. The number of halogens is 1. The van der Waals surface area contributed by atoms with E-state index in [-0.39, 0.29) is 18.6 Å². The van der Waals surface area contributed by atoms with Crippen molar-refractivity contribution in [2.24, 2.45) is 0 Å². The summed E-state index contributed by atoms with van der Waals surface area (Å²) in [5, 5.41) is 7.04. The van der Waals surface area contributed by atoms with Crippen LogP contribution in [0.1, 0.15) is 26.3 Å². The summed E-state index contributed by atoms with van der Waals surface area (Å²) in [6.45, 7) is 4.10. The van der Waals surface area contributed by atoms with E-state index in [4.69, 9.17) is 4.74 Å². The maximum Gasteiger partial charge on any atom is 0.263 e. The number of ether oxygens (including phenoxy) is 1. The Bertz CT molecular complexity index is 595. The zero-order chi connectivity index (χ0) is 15.2. The highest BCUT2D eigenvalue weighted by atomic mass is 79.9. The van der Waals surface area contributed by atoms with E-state index in [9.17, 15) is 4.79 Å². The Morgan fingerprint density at radius 1 is 1.38 bits per heavy atom. The zero-order valence-corrected chi connectivity index (χ0v) is 13.6. The Hall–Kier alpha value is -1.82. The summed E-state index contributed by atoms with van der Waals surface area (Å²) in [5.41, 5.74) is 0. The number of nitrogens with zero attached hydrogens (tertiary/aromatic N) is 2. The lowest BCUT2D eigenvalue weighted by Crippen LogP contribution is -2.22. The van der Waals surface area contributed by atoms with E-state index >= 15 is 0 Å². The van der Waals surface area contributed by atoms with Gasteiger partial charge in [0.25, 0.3) is 5.91 Å². The van der Waals surface area contributed by atoms with Crippen molar-refractivity contribution >= 4 is 27.7 Å². The molecule has 1 aromatic heterocycles. The molecule has 2 aromatic rings. The van der Waals surface area contributed by atoms with Gasteiger partial charge in [-0.3, -0.25) is 4.79 Å². The summed E-state index contributed by atoms with van der Waals surface area (Å²) in [4.78, 5) is 11.9. The van der Waals surface area contributed by atoms with E-state index < -0.39 is 0 Å². The van der Waals surface area contributed by atoms with Crippen molar-refractivity contribution in [2.75, 3.05) is 11.9 Å². The van der Waals surface area contributed by atoms with Crippen molar-refractivity contribution < 1.29 is 9.53 Å². The molecule has 0 saturated carbocycles. The second-order valence-corrected chi connectivity index (χ2v) is 5.62. The minimum Gasteiger partial charge on any atom is -0.484 e. The van der Waals surface area contributed by atoms with Crippen molar-refractivity contribution in [3.63, 3.8) is 0 Å². The van der Waals surface area contributed by atoms with E-state index in [0.717, 1.165) is 10.9 Å². The third kappa shape index (κ3) is 4.32. The van der Waals surface area contributed by atoms with Crippen LogP contribution in [0.15, 0.2) is 41.0 Å². The molecule has 0 radical (unpaired) electrons. The molecule has 0 spiro atoms. The van der Waals surface area contributed by atoms with Gasteiger partial charge in [0, 0.05) is 10.5 Å². The first-order valence-electron chi connectivity index (χ1n) is 6.82. The van der Waals surface area contributed by atoms with Crippen LogP contribution in [0.2, 0.25) is 0 Å². The van der Waals surface area contributed by atoms with Gasteiger partial charge in [-0.15, -0.1) is 0 Å². The van der Waals surface area contributed by atoms with Crippen LogP contribution in [0.3, 0.4) is 0 Å². The Kier molecular flexibility index (Phi) is 5.38. The van der Waals surface area contributed by atoms with Crippen molar-refractivity contribution in [1.82, 2.24) is 9.78 Å². The number of amides is 1. The first-order chi connectivity index (χ1) is 10.1. The zero-order valence-electron chi connectivity index (χ0n) is 12.0. The van der Waals surface area contributed by atoms with Gasteiger partial charge in [-0.05, 0) is 37.6 Å². The molecular weight excluding hydrogens is 334 g/mol. The number of aromatic nitrogens is 2. The molecule has 1 N–H and O–H groups in total. The van der Waals surface area contributed by atoms with Crippen molar-refractivity contribution in [3.8, 4) is 5.75 Å². The Morgan fingerprint density at radius 2 is 2.10 bits per heavy atom. The number of hydrogen-bond acceptors (Lipinski definition) is 3. The third-order valence-corrected chi connectivity index (χ3v) is 3.66. The Balaban J connectivity index is 1.90. The minimum absolute atomic E-state index is 0.0344. The summed E-state index contributed by atoms with van der Waals surface area (Å²) in [5.74, 6) is 1.14. The van der Waals surface area contributed by atoms with Crippen LogP contribution in [0.25, 0.3) is 0 Å². The monoisotopic (exact) mass is 351 g/mol. The predicted molar refractivity (Wildman–Crippen MR) is 85.5 cm³/mol. The van der Waals surface area contributed by atoms with Gasteiger partial charge in [0.05, 0.1) is 12.2 Å². The fourth-order valence-corrected chi connectivity index (χ4v) is 2.06. The fourth-order valence-electron chi connectivity index (χ4n) is 1.80. The lowest BCUT2D eigenvalue weighted by atomic mass is 10.3. The first kappa shape index (κ1) is 15.6. The van der Waals surface area contributed by atoms with Gasteiger partial charge in [0.1, 0.15) is 11.6 Å². The molecule has 1 atom stereocenters. The summed E-state index contributed by atoms with van der Waals surface area (Å²) in [6, 6.07) is 9.37. The molecule has 6 heteroatoms. The molecule has 0 bridgehead atoms. The van der Waals surface area contributed by atoms with Gasteiger partial charge in [0.15, 0.2) is 6.61 Å². The van der Waals surface area contributed by atoms with Crippen molar-refractivity contribution in [2.45, 2.75) is 26.3 Å². The Labute approximate surface area is 132 Å². The highest BCUT2D eigenvalue weighted by Gasteiger charge is 2.11. The number of hydrogen-bond donors (Lipinski definition) is 1. The highest BCUT2D eigenvalue weighted by molar-refractivity contribution is 9.10. The first-order valence-corrected chi connectivity index (χ1v) is 7.61. The number of anilines is 1. The molecule has 21 heavy (non-hydrogen) atoms. The quantitative estimate of drug-likeness (QED) is 0.864. The molecule has 1 aromatic carbocycles. The normalized spacial score (nSPS) is 12.0. The van der Waals surface area contributed by atoms with Crippen LogP contribution in [0, 0.1) is 0 Å². The lowest BCUT2D eigenvalue weighted by molar-refractivity contribution is -0.118. The number of benzene rings is 1. The average molecular weight is 352 g/mol. The van der Waals surface area contributed by atoms with E-state index in [2.05, 4.69) is 40.2 Å². The van der Waals surface area contributed by atoms with Gasteiger partial charge in [-0.2, -0.15) is 5.10 Å². The fraction of sp³-hybridized carbons (Fsp3) is 0.333. The lowest BCUT2D eigenvalue weighted by Gasteiger charge is -2.14. The molecule has 5 nitrogen and oxygen atoms in total. The van der Waals surface area contributed by atoms with Gasteiger partial charge in [-0.25, -0.2) is 4.68 Å². The molecule has 0 aliphatic heterocycles. The smallest absolute Gasteiger partial charge is 0.263 e. The molecular formula is C15H18BrN3O2. The molecule has 0 aliphatic carbocycles. The van der Waals surface area contributed by atoms with E-state index in [0.29, 0.717) is 11.6 Å². The van der Waals surface area contributed by atoms with Crippen molar-refractivity contribution in [3.05, 3.63) is 41.0 Å². The minimum atomic E-state index is -0.206. The topological polar surface area (TPSA) is 56.2 Å². The molecule has 112 valence electrons. The number of carbonyl (C=O) groups excluding carboxylic acids is 1. The third-order valence-electron chi connectivity index (χ3n) is 3.13. The molecule has 2 rings (SSSR count). The van der Waals surface area contributed by atoms with Crippen LogP contribution in [0.4, 0.5) is 5.82 Å². The van der Waals surface area contributed by atoms with Crippen LogP contribution in [0.5, 0.6) is 5.75 Å². The Morgan fingerprint density at radius 3 is 2.76 bits per heavy atom. The summed E-state index contributed by atoms with van der Waals surface area (Å²) >= 11 is 3.35. The van der Waals surface area contributed by atoms with Gasteiger partial charge in [0.2, 0.25) is 0 Å². The SMILES string of the molecule is CC[C@@H](C)n1nccc1NC(=O)COc1ccc(Br)cc1. The maximum absolute atomic E-state index is 11.9. The highest BCUT2D eigenvalue weighted by Crippen LogP contribution is 2.17. The molecule has 1 heterocycles. The largest absolute Gasteiger partial charge is 0.484 e. The average Bonchev–Trinajstić information content (AvgIpc) is 2.94. The number of nitrogens with one attached hydrogen (secondary N) is 1. The van der Waals surface area contributed by atoms with E-state index in [1.54, 1.807) is 29.1 Å². The second-order valence-electron chi connectivity index (χ2n) is 4.71. The van der Waals surface area contributed by atoms with Crippen LogP contribution in [-0.2, 0) is 4.79 Å². The molecule has 0 fully saturated rings. The molecule has 0 aliphatic rings. The van der Waals surface area contributed by atoms with Crippen LogP contribution < -0.4 is 10.1 Å². The van der Waals surface area contributed by atoms with Gasteiger partial charge < -0.3 is 10.1 Å². The second kappa shape index (κ2) is 7.26. The number of carbonyl (C=O) groups is 1. The van der Waals surface area contributed by atoms with E-state index in [1.165, 1.54) is 0 Å². The van der Waals surface area contributed by atoms with Crippen LogP contribution in [-0.4, -0.2) is 22.3 Å². The van der Waals surface area contributed by atoms with E-state index in [1.807, 2.05) is 12.1 Å².